The van der Waals surface area contributed by atoms with Gasteiger partial charge in [0.25, 0.3) is 0 Å². The summed E-state index contributed by atoms with van der Waals surface area (Å²) in [5.74, 6) is 0.563. The predicted octanol–water partition coefficient (Wildman–Crippen LogP) is 1.01. The van der Waals surface area contributed by atoms with Gasteiger partial charge in [0.05, 0.1) is 0 Å². The van der Waals surface area contributed by atoms with E-state index >= 15 is 0 Å². The first-order valence-electron chi connectivity index (χ1n) is 4.01. The number of tetrazole rings is 1. The maximum Gasteiger partial charge on any atom is 0.204 e. The molecule has 2 heterocycles. The van der Waals surface area contributed by atoms with Crippen LogP contribution < -0.4 is 0 Å². The van der Waals surface area contributed by atoms with Crippen molar-refractivity contribution in [2.24, 2.45) is 0 Å². The molecule has 1 N–H and O–H groups in total. The quantitative estimate of drug-likeness (QED) is 0.614. The van der Waals surface area contributed by atoms with Gasteiger partial charge in [0, 0.05) is 10.9 Å². The second-order valence-corrected chi connectivity index (χ2v) is 2.82. The fourth-order valence-electron chi connectivity index (χ4n) is 1.30. The minimum absolute atomic E-state index is 0.563. The van der Waals surface area contributed by atoms with Gasteiger partial charge < -0.3 is 4.52 Å². The standard InChI is InChI=1S/C8H5N5O/c1-2-7-6(4-14-11-7)3-5(1)8-9-12-13-10-8/h1-4H,(H,9,10,12,13). The summed E-state index contributed by atoms with van der Waals surface area (Å²) in [6.45, 7) is 0. The smallest absolute Gasteiger partial charge is 0.204 e. The summed E-state index contributed by atoms with van der Waals surface area (Å²) >= 11 is 0. The summed E-state index contributed by atoms with van der Waals surface area (Å²) in [6, 6.07) is 5.62. The van der Waals surface area contributed by atoms with E-state index in [1.54, 1.807) is 6.26 Å². The molecule has 0 saturated heterocycles. The maximum absolute atomic E-state index is 4.82. The molecule has 14 heavy (non-hydrogen) atoms. The Kier molecular flexibility index (Phi) is 1.35. The van der Waals surface area contributed by atoms with Gasteiger partial charge in [0.2, 0.25) is 5.82 Å². The molecule has 0 bridgehead atoms. The van der Waals surface area contributed by atoms with Gasteiger partial charge in [0.15, 0.2) is 0 Å². The van der Waals surface area contributed by atoms with E-state index in [-0.39, 0.29) is 0 Å². The maximum atomic E-state index is 4.82. The average Bonchev–Trinajstić information content (AvgIpc) is 2.88. The highest BCUT2D eigenvalue weighted by atomic mass is 16.5. The molecule has 0 fully saturated rings. The van der Waals surface area contributed by atoms with Crippen molar-refractivity contribution in [2.75, 3.05) is 0 Å². The number of nitrogens with one attached hydrogen (secondary N) is 1. The Bertz CT molecular complexity index is 556. The Morgan fingerprint density at radius 3 is 3.14 bits per heavy atom. The highest BCUT2D eigenvalue weighted by Gasteiger charge is 2.04. The number of aromatic amines is 1. The van der Waals surface area contributed by atoms with E-state index in [0.717, 1.165) is 16.5 Å². The topological polar surface area (TPSA) is 80.5 Å². The molecule has 0 aliphatic rings. The monoisotopic (exact) mass is 187 g/mol. The molecule has 1 aromatic carbocycles. The third-order valence-corrected chi connectivity index (χ3v) is 1.96. The van der Waals surface area contributed by atoms with Crippen molar-refractivity contribution < 1.29 is 4.52 Å². The lowest BCUT2D eigenvalue weighted by atomic mass is 10.1. The number of hydrogen-bond donors (Lipinski definition) is 1. The Morgan fingerprint density at radius 2 is 2.29 bits per heavy atom. The first-order valence-corrected chi connectivity index (χ1v) is 4.01. The van der Waals surface area contributed by atoms with E-state index in [2.05, 4.69) is 25.8 Å². The molecule has 0 aliphatic heterocycles. The number of hydrogen-bond acceptors (Lipinski definition) is 5. The van der Waals surface area contributed by atoms with Crippen molar-refractivity contribution in [1.82, 2.24) is 25.8 Å². The highest BCUT2D eigenvalue weighted by molar-refractivity contribution is 5.81. The van der Waals surface area contributed by atoms with Crippen LogP contribution in [0.3, 0.4) is 0 Å². The van der Waals surface area contributed by atoms with Crippen LogP contribution in [0.2, 0.25) is 0 Å². The number of H-pyrrole nitrogens is 1. The van der Waals surface area contributed by atoms with E-state index in [9.17, 15) is 0 Å². The van der Waals surface area contributed by atoms with Crippen LogP contribution in [-0.4, -0.2) is 25.8 Å². The minimum Gasteiger partial charge on any atom is -0.364 e. The molecule has 0 aliphatic carbocycles. The van der Waals surface area contributed by atoms with Gasteiger partial charge in [-0.1, -0.05) is 5.16 Å². The van der Waals surface area contributed by atoms with Crippen molar-refractivity contribution >= 4 is 10.9 Å². The van der Waals surface area contributed by atoms with Gasteiger partial charge in [-0.2, -0.15) is 5.21 Å². The van der Waals surface area contributed by atoms with Gasteiger partial charge in [0.1, 0.15) is 11.8 Å². The molecule has 0 saturated carbocycles. The zero-order chi connectivity index (χ0) is 9.38. The summed E-state index contributed by atoms with van der Waals surface area (Å²) in [5.41, 5.74) is 1.70. The second-order valence-electron chi connectivity index (χ2n) is 2.82. The number of fused-ring (bicyclic) bond motifs is 1. The van der Waals surface area contributed by atoms with E-state index in [0.29, 0.717) is 5.82 Å². The lowest BCUT2D eigenvalue weighted by Crippen LogP contribution is -1.80. The Morgan fingerprint density at radius 1 is 1.29 bits per heavy atom. The highest BCUT2D eigenvalue weighted by Crippen LogP contribution is 2.19. The molecule has 3 rings (SSSR count). The van der Waals surface area contributed by atoms with Crippen molar-refractivity contribution in [1.29, 1.82) is 0 Å². The van der Waals surface area contributed by atoms with Gasteiger partial charge in [-0.3, -0.25) is 0 Å². The SMILES string of the molecule is c1cc2nocc2cc1-c1nn[nH]n1. The summed E-state index contributed by atoms with van der Waals surface area (Å²) in [4.78, 5) is 0. The fraction of sp³-hybridized carbons (Fsp3) is 0. The molecule has 0 radical (unpaired) electrons. The molecule has 6 nitrogen and oxygen atoms in total. The van der Waals surface area contributed by atoms with Crippen LogP contribution in [0, 0.1) is 0 Å². The second kappa shape index (κ2) is 2.63. The molecule has 0 spiro atoms. The fourth-order valence-corrected chi connectivity index (χ4v) is 1.30. The summed E-state index contributed by atoms with van der Waals surface area (Å²) in [7, 11) is 0. The van der Waals surface area contributed by atoms with Crippen LogP contribution in [-0.2, 0) is 0 Å². The van der Waals surface area contributed by atoms with Crippen molar-refractivity contribution in [2.45, 2.75) is 0 Å². The van der Waals surface area contributed by atoms with E-state index in [4.69, 9.17) is 4.52 Å². The average molecular weight is 187 g/mol. The normalized spacial score (nSPS) is 10.9. The van der Waals surface area contributed by atoms with Crippen LogP contribution in [0.25, 0.3) is 22.3 Å². The molecule has 6 heteroatoms. The summed E-state index contributed by atoms with van der Waals surface area (Å²) in [5, 5.41) is 18.4. The van der Waals surface area contributed by atoms with Crippen molar-refractivity contribution in [3.63, 3.8) is 0 Å². The largest absolute Gasteiger partial charge is 0.364 e. The van der Waals surface area contributed by atoms with Crippen LogP contribution in [0.15, 0.2) is 29.0 Å². The van der Waals surface area contributed by atoms with Gasteiger partial charge in [-0.25, -0.2) is 0 Å². The number of aromatic nitrogens is 5. The van der Waals surface area contributed by atoms with E-state index in [1.807, 2.05) is 18.2 Å². The van der Waals surface area contributed by atoms with Crippen LogP contribution in [0.4, 0.5) is 0 Å². The van der Waals surface area contributed by atoms with Crippen LogP contribution in [0.1, 0.15) is 0 Å². The Balaban J connectivity index is 2.23. The van der Waals surface area contributed by atoms with Gasteiger partial charge in [-0.05, 0) is 23.4 Å². The van der Waals surface area contributed by atoms with Crippen molar-refractivity contribution in [3.05, 3.63) is 24.5 Å². The van der Waals surface area contributed by atoms with Crippen LogP contribution in [0.5, 0.6) is 0 Å². The molecule has 0 unspecified atom stereocenters. The van der Waals surface area contributed by atoms with Gasteiger partial charge >= 0.3 is 0 Å². The minimum atomic E-state index is 0.563. The van der Waals surface area contributed by atoms with Gasteiger partial charge in [-0.15, -0.1) is 10.2 Å². The molecule has 68 valence electrons. The molecule has 3 aromatic rings. The summed E-state index contributed by atoms with van der Waals surface area (Å²) in [6.07, 6.45) is 1.58. The zero-order valence-corrected chi connectivity index (χ0v) is 7.01. The van der Waals surface area contributed by atoms with E-state index in [1.165, 1.54) is 0 Å². The van der Waals surface area contributed by atoms with E-state index < -0.39 is 0 Å². The lowest BCUT2D eigenvalue weighted by molar-refractivity contribution is 0.428. The third-order valence-electron chi connectivity index (χ3n) is 1.96. The molecule has 0 atom stereocenters. The molecule has 2 aromatic heterocycles. The number of nitrogens with zero attached hydrogens (tertiary/aromatic N) is 4. The number of rotatable bonds is 1. The Hall–Kier alpha value is -2.24. The van der Waals surface area contributed by atoms with Crippen molar-refractivity contribution in [3.8, 4) is 11.4 Å². The molecular formula is C8H5N5O. The third kappa shape index (κ3) is 0.972. The first-order chi connectivity index (χ1) is 6.93. The first kappa shape index (κ1) is 7.19. The van der Waals surface area contributed by atoms with Crippen LogP contribution >= 0.6 is 0 Å². The Labute approximate surface area is 77.9 Å². The predicted molar refractivity (Wildman–Crippen MR) is 47.2 cm³/mol. The lowest BCUT2D eigenvalue weighted by Gasteiger charge is -1.91. The molecule has 0 amide bonds. The zero-order valence-electron chi connectivity index (χ0n) is 7.01. The number of benzene rings is 1. The molecular weight excluding hydrogens is 182 g/mol. The summed E-state index contributed by atoms with van der Waals surface area (Å²) < 4.78 is 4.82.